The summed E-state index contributed by atoms with van der Waals surface area (Å²) in [7, 11) is 1.63. The van der Waals surface area contributed by atoms with Crippen LogP contribution in [0.4, 0.5) is 0 Å². The SMILES string of the molecule is Cc1ccccc1CN(C)C(=O)COC(=O)[C@H](C(C)C)N1C(=O)c2ccccc2C1=O. The fourth-order valence-electron chi connectivity index (χ4n) is 3.60. The summed E-state index contributed by atoms with van der Waals surface area (Å²) in [5, 5.41) is 0. The quantitative estimate of drug-likeness (QED) is 0.506. The summed E-state index contributed by atoms with van der Waals surface area (Å²) in [5.74, 6) is -2.59. The zero-order valence-corrected chi connectivity index (χ0v) is 18.1. The number of benzene rings is 2. The topological polar surface area (TPSA) is 84.0 Å². The van der Waals surface area contributed by atoms with E-state index in [2.05, 4.69) is 0 Å². The predicted molar refractivity (Wildman–Crippen MR) is 114 cm³/mol. The summed E-state index contributed by atoms with van der Waals surface area (Å²) in [6, 6.07) is 13.1. The van der Waals surface area contributed by atoms with Gasteiger partial charge in [0.1, 0.15) is 6.04 Å². The molecule has 2 aromatic carbocycles. The minimum atomic E-state index is -1.11. The maximum absolute atomic E-state index is 12.8. The highest BCUT2D eigenvalue weighted by Gasteiger charge is 2.44. The van der Waals surface area contributed by atoms with Gasteiger partial charge in [-0.2, -0.15) is 0 Å². The number of carbonyl (C=O) groups is 4. The molecule has 1 aliphatic rings. The molecule has 3 rings (SSSR count). The minimum absolute atomic E-state index is 0.264. The number of aryl methyl sites for hydroxylation is 1. The number of fused-ring (bicyclic) bond motifs is 1. The molecule has 1 aliphatic heterocycles. The Bertz CT molecular complexity index is 995. The van der Waals surface area contributed by atoms with E-state index < -0.39 is 30.4 Å². The number of likely N-dealkylation sites (N-methyl/N-ethyl adjacent to an activating group) is 1. The Morgan fingerprint density at radius 1 is 0.968 bits per heavy atom. The number of hydrogen-bond donors (Lipinski definition) is 0. The molecule has 0 radical (unpaired) electrons. The Kier molecular flexibility index (Phi) is 6.53. The molecule has 0 unspecified atom stereocenters. The van der Waals surface area contributed by atoms with Crippen molar-refractivity contribution in [3.05, 3.63) is 70.8 Å². The molecule has 0 saturated heterocycles. The fourth-order valence-corrected chi connectivity index (χ4v) is 3.60. The van der Waals surface area contributed by atoms with Crippen molar-refractivity contribution in [1.29, 1.82) is 0 Å². The van der Waals surface area contributed by atoms with Crippen LogP contribution >= 0.6 is 0 Å². The molecule has 0 saturated carbocycles. The number of imide groups is 1. The fraction of sp³-hybridized carbons (Fsp3) is 0.333. The van der Waals surface area contributed by atoms with E-state index in [0.717, 1.165) is 16.0 Å². The monoisotopic (exact) mass is 422 g/mol. The number of hydrogen-bond acceptors (Lipinski definition) is 5. The summed E-state index contributed by atoms with van der Waals surface area (Å²) in [5.41, 5.74) is 2.58. The summed E-state index contributed by atoms with van der Waals surface area (Å²) in [6.07, 6.45) is 0. The number of rotatable bonds is 7. The molecule has 2 aromatic rings. The van der Waals surface area contributed by atoms with Crippen molar-refractivity contribution in [2.24, 2.45) is 5.92 Å². The van der Waals surface area contributed by atoms with Crippen LogP contribution < -0.4 is 0 Å². The third-order valence-electron chi connectivity index (χ3n) is 5.41. The van der Waals surface area contributed by atoms with Crippen LogP contribution in [0.15, 0.2) is 48.5 Å². The smallest absolute Gasteiger partial charge is 0.330 e. The maximum Gasteiger partial charge on any atom is 0.330 e. The van der Waals surface area contributed by atoms with E-state index in [1.54, 1.807) is 45.2 Å². The highest BCUT2D eigenvalue weighted by Crippen LogP contribution is 2.27. The van der Waals surface area contributed by atoms with Crippen molar-refractivity contribution in [1.82, 2.24) is 9.80 Å². The number of ether oxygens (including phenoxy) is 1. The molecule has 162 valence electrons. The van der Waals surface area contributed by atoms with Gasteiger partial charge < -0.3 is 9.64 Å². The maximum atomic E-state index is 12.8. The van der Waals surface area contributed by atoms with Crippen LogP contribution in [0.1, 0.15) is 45.7 Å². The summed E-state index contributed by atoms with van der Waals surface area (Å²) >= 11 is 0. The summed E-state index contributed by atoms with van der Waals surface area (Å²) in [4.78, 5) is 53.2. The van der Waals surface area contributed by atoms with Crippen LogP contribution in [0.2, 0.25) is 0 Å². The molecule has 1 atom stereocenters. The van der Waals surface area contributed by atoms with Crippen molar-refractivity contribution in [2.45, 2.75) is 33.4 Å². The van der Waals surface area contributed by atoms with Crippen molar-refractivity contribution in [2.75, 3.05) is 13.7 Å². The predicted octanol–water partition coefficient (Wildman–Crippen LogP) is 2.82. The van der Waals surface area contributed by atoms with Crippen LogP contribution in [-0.2, 0) is 20.9 Å². The molecular formula is C24H26N2O5. The second-order valence-corrected chi connectivity index (χ2v) is 8.00. The van der Waals surface area contributed by atoms with Crippen LogP contribution in [0.5, 0.6) is 0 Å². The van der Waals surface area contributed by atoms with Crippen LogP contribution in [0, 0.1) is 12.8 Å². The van der Waals surface area contributed by atoms with Crippen molar-refractivity contribution >= 4 is 23.7 Å². The van der Waals surface area contributed by atoms with Crippen molar-refractivity contribution in [3.8, 4) is 0 Å². The highest BCUT2D eigenvalue weighted by atomic mass is 16.5. The second-order valence-electron chi connectivity index (χ2n) is 8.00. The lowest BCUT2D eigenvalue weighted by Gasteiger charge is -2.27. The molecule has 31 heavy (non-hydrogen) atoms. The first-order chi connectivity index (χ1) is 14.7. The van der Waals surface area contributed by atoms with Gasteiger partial charge in [0.15, 0.2) is 6.61 Å². The standard InChI is InChI=1S/C24H26N2O5/c1-15(2)21(26-22(28)18-11-7-8-12-19(18)23(26)29)24(30)31-14-20(27)25(4)13-17-10-6-5-9-16(17)3/h5-12,15,21H,13-14H2,1-4H3/t21-/m0/s1. The number of amides is 3. The first kappa shape index (κ1) is 22.2. The molecule has 0 aliphatic carbocycles. The first-order valence-corrected chi connectivity index (χ1v) is 10.1. The zero-order chi connectivity index (χ0) is 22.7. The van der Waals surface area contributed by atoms with E-state index >= 15 is 0 Å². The van der Waals surface area contributed by atoms with Gasteiger partial charge in [0, 0.05) is 13.6 Å². The van der Waals surface area contributed by atoms with E-state index in [4.69, 9.17) is 4.74 Å². The molecule has 0 N–H and O–H groups in total. The third-order valence-corrected chi connectivity index (χ3v) is 5.41. The molecule has 1 heterocycles. The average molecular weight is 422 g/mol. The molecule has 7 nitrogen and oxygen atoms in total. The lowest BCUT2D eigenvalue weighted by atomic mass is 10.0. The van der Waals surface area contributed by atoms with Crippen LogP contribution in [-0.4, -0.2) is 53.2 Å². The van der Waals surface area contributed by atoms with Crippen LogP contribution in [0.25, 0.3) is 0 Å². The molecule has 0 bridgehead atoms. The van der Waals surface area contributed by atoms with E-state index in [0.29, 0.717) is 6.54 Å². The first-order valence-electron chi connectivity index (χ1n) is 10.1. The van der Waals surface area contributed by atoms with E-state index in [1.807, 2.05) is 31.2 Å². The molecule has 0 fully saturated rings. The summed E-state index contributed by atoms with van der Waals surface area (Å²) < 4.78 is 5.25. The molecule has 0 spiro atoms. The number of esters is 1. The van der Waals surface area contributed by atoms with Gasteiger partial charge in [-0.3, -0.25) is 19.3 Å². The molecular weight excluding hydrogens is 396 g/mol. The Hall–Kier alpha value is -3.48. The molecule has 0 aromatic heterocycles. The highest BCUT2D eigenvalue weighted by molar-refractivity contribution is 6.22. The van der Waals surface area contributed by atoms with Gasteiger partial charge in [0.2, 0.25) is 0 Å². The molecule has 7 heteroatoms. The average Bonchev–Trinajstić information content (AvgIpc) is 2.99. The third kappa shape index (κ3) is 4.50. The molecule has 3 amide bonds. The zero-order valence-electron chi connectivity index (χ0n) is 18.1. The summed E-state index contributed by atoms with van der Waals surface area (Å²) in [6.45, 7) is 5.33. The van der Waals surface area contributed by atoms with E-state index in [9.17, 15) is 19.2 Å². The Morgan fingerprint density at radius 2 is 1.52 bits per heavy atom. The van der Waals surface area contributed by atoms with E-state index in [-0.39, 0.29) is 23.0 Å². The van der Waals surface area contributed by atoms with Gasteiger partial charge in [-0.15, -0.1) is 0 Å². The van der Waals surface area contributed by atoms with Crippen molar-refractivity contribution < 1.29 is 23.9 Å². The lowest BCUT2D eigenvalue weighted by molar-refractivity contribution is -0.156. The largest absolute Gasteiger partial charge is 0.454 e. The van der Waals surface area contributed by atoms with Gasteiger partial charge in [-0.05, 0) is 36.1 Å². The van der Waals surface area contributed by atoms with Gasteiger partial charge in [0.05, 0.1) is 11.1 Å². The second kappa shape index (κ2) is 9.12. The minimum Gasteiger partial charge on any atom is -0.454 e. The Balaban J connectivity index is 1.67. The lowest BCUT2D eigenvalue weighted by Crippen LogP contribution is -2.49. The van der Waals surface area contributed by atoms with Gasteiger partial charge >= 0.3 is 5.97 Å². The van der Waals surface area contributed by atoms with Crippen LogP contribution in [0.3, 0.4) is 0 Å². The van der Waals surface area contributed by atoms with Gasteiger partial charge in [0.25, 0.3) is 17.7 Å². The number of carbonyl (C=O) groups excluding carboxylic acids is 4. The Morgan fingerprint density at radius 3 is 2.06 bits per heavy atom. The Labute approximate surface area is 181 Å². The van der Waals surface area contributed by atoms with E-state index in [1.165, 1.54) is 4.90 Å². The van der Waals surface area contributed by atoms with Gasteiger partial charge in [-0.1, -0.05) is 50.2 Å². The number of nitrogens with zero attached hydrogens (tertiary/aromatic N) is 2. The van der Waals surface area contributed by atoms with Crippen molar-refractivity contribution in [3.63, 3.8) is 0 Å². The van der Waals surface area contributed by atoms with Gasteiger partial charge in [-0.25, -0.2) is 4.79 Å². The normalized spacial score (nSPS) is 13.9.